The molecule has 0 spiro atoms. The molecule has 1 aliphatic heterocycles. The summed E-state index contributed by atoms with van der Waals surface area (Å²) in [5.41, 5.74) is -0.524. The zero-order valence-corrected chi connectivity index (χ0v) is 10.1. The quantitative estimate of drug-likeness (QED) is 0.706. The van der Waals surface area contributed by atoms with Crippen LogP contribution in [0.15, 0.2) is 0 Å². The first-order valence-corrected chi connectivity index (χ1v) is 6.21. The monoisotopic (exact) mass is 215 g/mol. The lowest BCUT2D eigenvalue weighted by atomic mass is 9.94. The van der Waals surface area contributed by atoms with E-state index < -0.39 is 5.60 Å². The minimum atomic E-state index is -0.524. The molecule has 0 atom stereocenters. The van der Waals surface area contributed by atoms with Crippen molar-refractivity contribution in [2.45, 2.75) is 45.1 Å². The third-order valence-corrected chi connectivity index (χ3v) is 3.47. The van der Waals surface area contributed by atoms with Gasteiger partial charge in [-0.25, -0.2) is 0 Å². The molecule has 1 heterocycles. The summed E-state index contributed by atoms with van der Waals surface area (Å²) in [4.78, 5) is 0. The fourth-order valence-corrected chi connectivity index (χ4v) is 2.01. The molecule has 1 fully saturated rings. The van der Waals surface area contributed by atoms with Crippen LogP contribution in [0.4, 0.5) is 0 Å². The summed E-state index contributed by atoms with van der Waals surface area (Å²) in [6.45, 7) is 7.58. The Morgan fingerprint density at radius 2 is 1.87 bits per heavy atom. The van der Waals surface area contributed by atoms with Gasteiger partial charge in [-0.3, -0.25) is 0 Å². The van der Waals surface area contributed by atoms with Crippen molar-refractivity contribution in [3.8, 4) is 0 Å². The highest BCUT2D eigenvalue weighted by molar-refractivity contribution is 4.83. The fraction of sp³-hybridized carbons (Fsp3) is 1.00. The average molecular weight is 215 g/mol. The molecule has 1 aliphatic rings. The molecule has 3 nitrogen and oxygen atoms in total. The molecular weight excluding hydrogens is 190 g/mol. The van der Waals surface area contributed by atoms with Crippen molar-refractivity contribution in [1.82, 2.24) is 5.32 Å². The summed E-state index contributed by atoms with van der Waals surface area (Å²) >= 11 is 0. The molecule has 0 bridgehead atoms. The summed E-state index contributed by atoms with van der Waals surface area (Å²) < 4.78 is 5.25. The van der Waals surface area contributed by atoms with Crippen molar-refractivity contribution in [2.24, 2.45) is 5.92 Å². The molecule has 0 aromatic heterocycles. The summed E-state index contributed by atoms with van der Waals surface area (Å²) in [5, 5.41) is 13.6. The van der Waals surface area contributed by atoms with Crippen LogP contribution in [0.25, 0.3) is 0 Å². The molecule has 0 radical (unpaired) electrons. The number of hydrogen-bond acceptors (Lipinski definition) is 3. The normalized spacial score (nSPS) is 20.8. The van der Waals surface area contributed by atoms with Gasteiger partial charge in [0.25, 0.3) is 0 Å². The third kappa shape index (κ3) is 4.49. The predicted molar refractivity (Wildman–Crippen MR) is 61.9 cm³/mol. The van der Waals surface area contributed by atoms with Crippen molar-refractivity contribution in [3.63, 3.8) is 0 Å². The largest absolute Gasteiger partial charge is 0.388 e. The number of nitrogens with one attached hydrogen (secondary N) is 1. The molecule has 1 rings (SSSR count). The molecule has 0 unspecified atom stereocenters. The van der Waals surface area contributed by atoms with Gasteiger partial charge in [0.1, 0.15) is 0 Å². The van der Waals surface area contributed by atoms with Gasteiger partial charge in [-0.1, -0.05) is 26.7 Å². The molecular formula is C12H25NO2. The van der Waals surface area contributed by atoms with Gasteiger partial charge in [-0.2, -0.15) is 0 Å². The molecule has 15 heavy (non-hydrogen) atoms. The van der Waals surface area contributed by atoms with E-state index in [-0.39, 0.29) is 0 Å². The van der Waals surface area contributed by atoms with Crippen molar-refractivity contribution in [1.29, 1.82) is 0 Å². The number of rotatable bonds is 6. The number of aliphatic hydroxyl groups is 1. The molecule has 3 heteroatoms. The van der Waals surface area contributed by atoms with Crippen LogP contribution >= 0.6 is 0 Å². The first-order chi connectivity index (χ1) is 7.20. The standard InChI is InChI=1S/C12H25NO2/c1-3-11(4-2)9-13-10-12(14)5-7-15-8-6-12/h11,13-14H,3-10H2,1-2H3. The lowest BCUT2D eigenvalue weighted by Gasteiger charge is -2.32. The van der Waals surface area contributed by atoms with Gasteiger partial charge in [-0.15, -0.1) is 0 Å². The van der Waals surface area contributed by atoms with Crippen molar-refractivity contribution < 1.29 is 9.84 Å². The minimum Gasteiger partial charge on any atom is -0.388 e. The predicted octanol–water partition coefficient (Wildman–Crippen LogP) is 1.55. The minimum absolute atomic E-state index is 0.524. The SMILES string of the molecule is CCC(CC)CNCC1(O)CCOCC1. The van der Waals surface area contributed by atoms with Gasteiger partial charge in [0.05, 0.1) is 5.60 Å². The first-order valence-electron chi connectivity index (χ1n) is 6.21. The third-order valence-electron chi connectivity index (χ3n) is 3.47. The van der Waals surface area contributed by atoms with Gasteiger partial charge < -0.3 is 15.2 Å². The Kier molecular flexibility index (Phi) is 5.58. The summed E-state index contributed by atoms with van der Waals surface area (Å²) in [6.07, 6.45) is 3.96. The lowest BCUT2D eigenvalue weighted by molar-refractivity contribution is -0.0618. The van der Waals surface area contributed by atoms with Crippen LogP contribution in [0.1, 0.15) is 39.5 Å². The maximum absolute atomic E-state index is 10.2. The van der Waals surface area contributed by atoms with E-state index in [1.807, 2.05) is 0 Å². The highest BCUT2D eigenvalue weighted by Gasteiger charge is 2.29. The Bertz CT molecular complexity index is 163. The van der Waals surface area contributed by atoms with E-state index >= 15 is 0 Å². The van der Waals surface area contributed by atoms with Crippen LogP contribution in [0, 0.1) is 5.92 Å². The molecule has 0 amide bonds. The highest BCUT2D eigenvalue weighted by Crippen LogP contribution is 2.19. The second kappa shape index (κ2) is 6.46. The van der Waals surface area contributed by atoms with Gasteiger partial charge in [0, 0.05) is 32.6 Å². The van der Waals surface area contributed by atoms with E-state index in [2.05, 4.69) is 19.2 Å². The molecule has 0 aliphatic carbocycles. The van der Waals surface area contributed by atoms with E-state index in [0.29, 0.717) is 19.8 Å². The van der Waals surface area contributed by atoms with Crippen LogP contribution in [-0.4, -0.2) is 37.0 Å². The van der Waals surface area contributed by atoms with Crippen LogP contribution in [0.3, 0.4) is 0 Å². The van der Waals surface area contributed by atoms with Crippen LogP contribution in [-0.2, 0) is 4.74 Å². The smallest absolute Gasteiger partial charge is 0.0815 e. The zero-order chi connectivity index (χ0) is 11.1. The number of ether oxygens (including phenoxy) is 1. The second-order valence-corrected chi connectivity index (χ2v) is 4.65. The maximum atomic E-state index is 10.2. The Balaban J connectivity index is 2.17. The van der Waals surface area contributed by atoms with E-state index in [9.17, 15) is 5.11 Å². The molecule has 2 N–H and O–H groups in total. The Morgan fingerprint density at radius 3 is 2.40 bits per heavy atom. The Labute approximate surface area is 93.2 Å². The Morgan fingerprint density at radius 1 is 1.27 bits per heavy atom. The highest BCUT2D eigenvalue weighted by atomic mass is 16.5. The molecule has 0 aromatic rings. The number of hydrogen-bond donors (Lipinski definition) is 2. The average Bonchev–Trinajstić information content (AvgIpc) is 2.25. The lowest BCUT2D eigenvalue weighted by Crippen LogP contribution is -2.45. The first kappa shape index (κ1) is 12.9. The van der Waals surface area contributed by atoms with E-state index in [0.717, 1.165) is 25.3 Å². The maximum Gasteiger partial charge on any atom is 0.0815 e. The van der Waals surface area contributed by atoms with Crippen molar-refractivity contribution >= 4 is 0 Å². The molecule has 0 aromatic carbocycles. The van der Waals surface area contributed by atoms with E-state index in [1.165, 1.54) is 12.8 Å². The topological polar surface area (TPSA) is 41.5 Å². The van der Waals surface area contributed by atoms with Gasteiger partial charge >= 0.3 is 0 Å². The van der Waals surface area contributed by atoms with E-state index in [4.69, 9.17) is 4.74 Å². The van der Waals surface area contributed by atoms with Crippen LogP contribution < -0.4 is 5.32 Å². The zero-order valence-electron chi connectivity index (χ0n) is 10.1. The fourth-order valence-electron chi connectivity index (χ4n) is 2.01. The van der Waals surface area contributed by atoms with Crippen molar-refractivity contribution in [3.05, 3.63) is 0 Å². The van der Waals surface area contributed by atoms with Gasteiger partial charge in [0.15, 0.2) is 0 Å². The summed E-state index contributed by atoms with van der Waals surface area (Å²) in [7, 11) is 0. The summed E-state index contributed by atoms with van der Waals surface area (Å²) in [6, 6.07) is 0. The van der Waals surface area contributed by atoms with Crippen molar-refractivity contribution in [2.75, 3.05) is 26.3 Å². The molecule has 0 saturated carbocycles. The van der Waals surface area contributed by atoms with Crippen LogP contribution in [0.2, 0.25) is 0 Å². The molecule has 1 saturated heterocycles. The Hall–Kier alpha value is -0.120. The second-order valence-electron chi connectivity index (χ2n) is 4.65. The van der Waals surface area contributed by atoms with E-state index in [1.54, 1.807) is 0 Å². The summed E-state index contributed by atoms with van der Waals surface area (Å²) in [5.74, 6) is 0.744. The molecule has 90 valence electrons. The van der Waals surface area contributed by atoms with Crippen LogP contribution in [0.5, 0.6) is 0 Å². The van der Waals surface area contributed by atoms with Gasteiger partial charge in [0.2, 0.25) is 0 Å². The van der Waals surface area contributed by atoms with Gasteiger partial charge in [-0.05, 0) is 12.5 Å².